The molecule has 1 saturated heterocycles. The van der Waals surface area contributed by atoms with Crippen LogP contribution < -0.4 is 20.2 Å². The monoisotopic (exact) mass is 416 g/mol. The molecular weight excluding hydrogens is 392 g/mol. The van der Waals surface area contributed by atoms with Crippen LogP contribution in [0.15, 0.2) is 51.7 Å². The number of anilines is 2. The van der Waals surface area contributed by atoms with Gasteiger partial charge in [-0.3, -0.25) is 0 Å². The zero-order chi connectivity index (χ0) is 21.5. The maximum atomic E-state index is 12.0. The van der Waals surface area contributed by atoms with Crippen LogP contribution in [-0.4, -0.2) is 43.5 Å². The van der Waals surface area contributed by atoms with E-state index in [4.69, 9.17) is 9.15 Å². The van der Waals surface area contributed by atoms with Gasteiger partial charge in [-0.05, 0) is 55.8 Å². The summed E-state index contributed by atoms with van der Waals surface area (Å²) >= 11 is 0. The van der Waals surface area contributed by atoms with Crippen LogP contribution in [-0.2, 0) is 0 Å². The first-order valence-electron chi connectivity index (χ1n) is 10.4. The molecule has 0 bridgehead atoms. The minimum Gasteiger partial charge on any atom is -0.497 e. The number of benzene rings is 2. The summed E-state index contributed by atoms with van der Waals surface area (Å²) in [6.07, 6.45) is 0. The fourth-order valence-corrected chi connectivity index (χ4v) is 4.38. The van der Waals surface area contributed by atoms with Crippen LogP contribution >= 0.6 is 0 Å². The maximum absolute atomic E-state index is 12.0. The van der Waals surface area contributed by atoms with E-state index in [0.717, 1.165) is 65.2 Å². The normalized spacial score (nSPS) is 14.4. The molecule has 7 nitrogen and oxygen atoms in total. The van der Waals surface area contributed by atoms with Gasteiger partial charge in [-0.2, -0.15) is 0 Å². The molecule has 0 saturated carbocycles. The molecule has 0 unspecified atom stereocenters. The minimum atomic E-state index is -0.344. The first-order chi connectivity index (χ1) is 15.0. The Kier molecular flexibility index (Phi) is 4.73. The van der Waals surface area contributed by atoms with Gasteiger partial charge in [-0.15, -0.1) is 10.2 Å². The Bertz CT molecular complexity index is 1320. The average Bonchev–Trinajstić information content (AvgIpc) is 2.79. The minimum absolute atomic E-state index is 0.344. The van der Waals surface area contributed by atoms with Gasteiger partial charge in [0.2, 0.25) is 0 Å². The van der Waals surface area contributed by atoms with Crippen molar-refractivity contribution >= 4 is 33.4 Å². The van der Waals surface area contributed by atoms with E-state index in [2.05, 4.69) is 32.1 Å². The van der Waals surface area contributed by atoms with E-state index >= 15 is 0 Å². The van der Waals surface area contributed by atoms with Crippen molar-refractivity contribution in [3.63, 3.8) is 0 Å². The number of aromatic nitrogens is 2. The predicted molar refractivity (Wildman–Crippen MR) is 122 cm³/mol. The molecule has 0 amide bonds. The van der Waals surface area contributed by atoms with Gasteiger partial charge in [0.25, 0.3) is 0 Å². The van der Waals surface area contributed by atoms with Crippen molar-refractivity contribution in [2.24, 2.45) is 0 Å². The molecule has 1 aliphatic heterocycles. The zero-order valence-electron chi connectivity index (χ0n) is 17.9. The Morgan fingerprint density at radius 3 is 2.35 bits per heavy atom. The highest BCUT2D eigenvalue weighted by atomic mass is 16.5. The van der Waals surface area contributed by atoms with E-state index in [-0.39, 0.29) is 5.63 Å². The molecule has 0 aliphatic carbocycles. The topological polar surface area (TPSA) is 71.7 Å². The van der Waals surface area contributed by atoms with Crippen LogP contribution in [0.1, 0.15) is 11.1 Å². The van der Waals surface area contributed by atoms with E-state index in [1.54, 1.807) is 7.11 Å². The van der Waals surface area contributed by atoms with E-state index in [0.29, 0.717) is 5.58 Å². The number of ether oxygens (including phenoxy) is 1. The van der Waals surface area contributed by atoms with Crippen molar-refractivity contribution in [3.8, 4) is 5.75 Å². The number of methoxy groups -OCH3 is 1. The molecule has 0 N–H and O–H groups in total. The molecule has 4 aromatic rings. The second-order valence-electron chi connectivity index (χ2n) is 7.91. The van der Waals surface area contributed by atoms with Gasteiger partial charge in [0.1, 0.15) is 11.3 Å². The van der Waals surface area contributed by atoms with Crippen molar-refractivity contribution < 1.29 is 9.15 Å². The number of nitrogens with zero attached hydrogens (tertiary/aromatic N) is 4. The fourth-order valence-electron chi connectivity index (χ4n) is 4.38. The van der Waals surface area contributed by atoms with Crippen molar-refractivity contribution in [2.45, 2.75) is 13.8 Å². The molecule has 5 rings (SSSR count). The first-order valence-corrected chi connectivity index (χ1v) is 10.4. The van der Waals surface area contributed by atoms with Gasteiger partial charge in [-0.25, -0.2) is 4.79 Å². The van der Waals surface area contributed by atoms with Crippen LogP contribution in [0.5, 0.6) is 5.75 Å². The van der Waals surface area contributed by atoms with Crippen molar-refractivity contribution in [1.29, 1.82) is 0 Å². The molecule has 31 heavy (non-hydrogen) atoms. The third kappa shape index (κ3) is 3.36. The number of aryl methyl sites for hydroxylation is 2. The Labute approximate surface area is 179 Å². The smallest absolute Gasteiger partial charge is 0.336 e. The number of rotatable bonds is 3. The highest BCUT2D eigenvalue weighted by molar-refractivity contribution is 6.06. The van der Waals surface area contributed by atoms with Crippen molar-refractivity contribution in [2.75, 3.05) is 43.1 Å². The highest BCUT2D eigenvalue weighted by Gasteiger charge is 2.22. The summed E-state index contributed by atoms with van der Waals surface area (Å²) in [4.78, 5) is 16.6. The van der Waals surface area contributed by atoms with Gasteiger partial charge in [0.15, 0.2) is 5.82 Å². The molecule has 0 spiro atoms. The van der Waals surface area contributed by atoms with E-state index in [1.807, 2.05) is 38.1 Å². The second kappa shape index (κ2) is 7.58. The highest BCUT2D eigenvalue weighted by Crippen LogP contribution is 2.32. The van der Waals surface area contributed by atoms with Crippen molar-refractivity contribution in [3.05, 3.63) is 64.0 Å². The van der Waals surface area contributed by atoms with Crippen LogP contribution in [0.4, 0.5) is 11.5 Å². The van der Waals surface area contributed by atoms with E-state index in [9.17, 15) is 4.79 Å². The Balaban J connectivity index is 1.47. The summed E-state index contributed by atoms with van der Waals surface area (Å²) in [5.74, 6) is 1.71. The molecule has 0 radical (unpaired) electrons. The second-order valence-corrected chi connectivity index (χ2v) is 7.91. The molecule has 7 heteroatoms. The average molecular weight is 416 g/mol. The summed E-state index contributed by atoms with van der Waals surface area (Å²) in [5.41, 5.74) is 4.06. The quantitative estimate of drug-likeness (QED) is 0.373. The van der Waals surface area contributed by atoms with Gasteiger partial charge >= 0.3 is 5.63 Å². The lowest BCUT2D eigenvalue weighted by Gasteiger charge is -2.37. The SMILES string of the molecule is COc1ccc(N2CCN(c3nnc4ccc5c(C)cc(=O)oc5c4c3C)CC2)cc1. The number of fused-ring (bicyclic) bond motifs is 3. The molecule has 1 aliphatic rings. The third-order valence-electron chi connectivity index (χ3n) is 6.08. The molecule has 2 aromatic carbocycles. The summed E-state index contributed by atoms with van der Waals surface area (Å²) in [5, 5.41) is 10.8. The number of hydrogen-bond donors (Lipinski definition) is 0. The summed E-state index contributed by atoms with van der Waals surface area (Å²) in [6, 6.07) is 13.6. The van der Waals surface area contributed by atoms with Gasteiger partial charge in [0.05, 0.1) is 18.0 Å². The number of piperazine rings is 1. The Morgan fingerprint density at radius 2 is 1.65 bits per heavy atom. The first kappa shape index (κ1) is 19.4. The summed E-state index contributed by atoms with van der Waals surface area (Å²) in [7, 11) is 1.68. The third-order valence-corrected chi connectivity index (χ3v) is 6.08. The van der Waals surface area contributed by atoms with Crippen LogP contribution in [0.2, 0.25) is 0 Å². The Hall–Kier alpha value is -3.61. The largest absolute Gasteiger partial charge is 0.497 e. The lowest BCUT2D eigenvalue weighted by Crippen LogP contribution is -2.47. The van der Waals surface area contributed by atoms with Gasteiger partial charge in [-0.1, -0.05) is 0 Å². The van der Waals surface area contributed by atoms with E-state index < -0.39 is 0 Å². The van der Waals surface area contributed by atoms with Crippen molar-refractivity contribution in [1.82, 2.24) is 10.2 Å². The standard InChI is InChI=1S/C24H24N4O3/c1-15-14-21(29)31-23-19(15)8-9-20-22(23)16(2)24(26-25-20)28-12-10-27(11-13-28)17-4-6-18(30-3)7-5-17/h4-9,14H,10-13H2,1-3H3. The summed E-state index contributed by atoms with van der Waals surface area (Å²) in [6.45, 7) is 7.39. The molecule has 3 heterocycles. The molecule has 158 valence electrons. The van der Waals surface area contributed by atoms with E-state index in [1.165, 1.54) is 11.8 Å². The molecule has 1 fully saturated rings. The molecule has 0 atom stereocenters. The fraction of sp³-hybridized carbons (Fsp3) is 0.292. The van der Waals surface area contributed by atoms with Crippen LogP contribution in [0.3, 0.4) is 0 Å². The molecular formula is C24H24N4O3. The lowest BCUT2D eigenvalue weighted by molar-refractivity contribution is 0.415. The van der Waals surface area contributed by atoms with Crippen LogP contribution in [0.25, 0.3) is 21.9 Å². The van der Waals surface area contributed by atoms with Gasteiger partial charge < -0.3 is 19.0 Å². The Morgan fingerprint density at radius 1 is 0.935 bits per heavy atom. The number of hydrogen-bond acceptors (Lipinski definition) is 7. The van der Waals surface area contributed by atoms with Crippen LogP contribution in [0, 0.1) is 13.8 Å². The molecule has 2 aromatic heterocycles. The van der Waals surface area contributed by atoms with Gasteiger partial charge in [0, 0.05) is 48.9 Å². The predicted octanol–water partition coefficient (Wildman–Crippen LogP) is 3.69. The summed E-state index contributed by atoms with van der Waals surface area (Å²) < 4.78 is 10.9. The lowest BCUT2D eigenvalue weighted by atomic mass is 10.0. The maximum Gasteiger partial charge on any atom is 0.336 e. The zero-order valence-corrected chi connectivity index (χ0v) is 17.9.